The summed E-state index contributed by atoms with van der Waals surface area (Å²) in [6.07, 6.45) is 6.50. The van der Waals surface area contributed by atoms with Crippen LogP contribution in [0.3, 0.4) is 0 Å². The van der Waals surface area contributed by atoms with Gasteiger partial charge in [-0.25, -0.2) is 9.97 Å². The zero-order valence-electron chi connectivity index (χ0n) is 12.9. The normalized spacial score (nSPS) is 18.5. The molecule has 0 saturated carbocycles. The van der Waals surface area contributed by atoms with E-state index in [0.717, 1.165) is 37.3 Å². The summed E-state index contributed by atoms with van der Waals surface area (Å²) in [6.45, 7) is 2.60. The highest BCUT2D eigenvalue weighted by atomic mass is 16.2. The summed E-state index contributed by atoms with van der Waals surface area (Å²) in [6, 6.07) is 5.53. The SMILES string of the molecule is Cc1nc([C@@H]2CCCCN2C(=O)c2cccc3nccn23)n[nH]1. The minimum absolute atomic E-state index is 0.000697. The average molecular weight is 310 g/mol. The molecule has 1 saturated heterocycles. The van der Waals surface area contributed by atoms with E-state index in [1.807, 2.05) is 40.6 Å². The minimum Gasteiger partial charge on any atom is -0.327 e. The summed E-state index contributed by atoms with van der Waals surface area (Å²) < 4.78 is 1.83. The van der Waals surface area contributed by atoms with Crippen molar-refractivity contribution in [1.29, 1.82) is 0 Å². The van der Waals surface area contributed by atoms with Crippen LogP contribution in [-0.2, 0) is 0 Å². The molecule has 0 aromatic carbocycles. The van der Waals surface area contributed by atoms with Crippen LogP contribution in [0.1, 0.15) is 47.4 Å². The molecule has 3 aromatic heterocycles. The fraction of sp³-hybridized carbons (Fsp3) is 0.375. The van der Waals surface area contributed by atoms with Crippen LogP contribution < -0.4 is 0 Å². The molecule has 1 amide bonds. The zero-order valence-corrected chi connectivity index (χ0v) is 12.9. The second kappa shape index (κ2) is 5.49. The lowest BCUT2D eigenvalue weighted by atomic mass is 10.0. The summed E-state index contributed by atoms with van der Waals surface area (Å²) in [4.78, 5) is 23.7. The predicted octanol–water partition coefficient (Wildman–Crippen LogP) is 2.13. The molecule has 1 fully saturated rings. The van der Waals surface area contributed by atoms with Gasteiger partial charge in [0.05, 0.1) is 6.04 Å². The first kappa shape index (κ1) is 13.9. The molecule has 1 aliphatic rings. The van der Waals surface area contributed by atoms with Crippen molar-refractivity contribution in [2.24, 2.45) is 0 Å². The van der Waals surface area contributed by atoms with Gasteiger partial charge in [0.1, 0.15) is 17.2 Å². The lowest BCUT2D eigenvalue weighted by molar-refractivity contribution is 0.0592. The molecule has 1 N–H and O–H groups in total. The van der Waals surface area contributed by atoms with Gasteiger partial charge in [0, 0.05) is 18.9 Å². The van der Waals surface area contributed by atoms with Crippen LogP contribution in [0.15, 0.2) is 30.6 Å². The smallest absolute Gasteiger partial charge is 0.271 e. The van der Waals surface area contributed by atoms with Gasteiger partial charge < -0.3 is 4.90 Å². The van der Waals surface area contributed by atoms with Gasteiger partial charge in [-0.15, -0.1) is 0 Å². The molecule has 1 atom stereocenters. The average Bonchev–Trinajstić information content (AvgIpc) is 3.22. The summed E-state index contributed by atoms with van der Waals surface area (Å²) in [7, 11) is 0. The van der Waals surface area contributed by atoms with E-state index in [1.165, 1.54) is 0 Å². The highest BCUT2D eigenvalue weighted by Crippen LogP contribution is 2.30. The van der Waals surface area contributed by atoms with Crippen LogP contribution in [0.25, 0.3) is 5.65 Å². The molecule has 0 bridgehead atoms. The molecule has 7 nitrogen and oxygen atoms in total. The fourth-order valence-electron chi connectivity index (χ4n) is 3.22. The molecule has 1 aliphatic heterocycles. The Bertz CT molecular complexity index is 851. The third kappa shape index (κ3) is 2.38. The number of aromatic amines is 1. The first-order valence-corrected chi connectivity index (χ1v) is 7.86. The van der Waals surface area contributed by atoms with Crippen molar-refractivity contribution < 1.29 is 4.79 Å². The van der Waals surface area contributed by atoms with E-state index in [4.69, 9.17) is 0 Å². The quantitative estimate of drug-likeness (QED) is 0.786. The standard InChI is InChI=1S/C16H18N6O/c1-11-18-15(20-19-11)12-5-2-3-9-22(12)16(23)13-6-4-7-14-17-8-10-21(13)14/h4,6-8,10,12H,2-3,5,9H2,1H3,(H,18,19,20)/t12-/m0/s1. The number of piperidine rings is 1. The molecule has 0 aliphatic carbocycles. The molecule has 4 rings (SSSR count). The van der Waals surface area contributed by atoms with Gasteiger partial charge in [-0.1, -0.05) is 6.07 Å². The number of amides is 1. The maximum atomic E-state index is 13.1. The Hall–Kier alpha value is -2.70. The molecule has 0 radical (unpaired) electrons. The van der Waals surface area contributed by atoms with E-state index in [9.17, 15) is 4.79 Å². The van der Waals surface area contributed by atoms with E-state index < -0.39 is 0 Å². The number of rotatable bonds is 2. The van der Waals surface area contributed by atoms with Gasteiger partial charge in [-0.3, -0.25) is 14.3 Å². The summed E-state index contributed by atoms with van der Waals surface area (Å²) in [5.41, 5.74) is 1.40. The Balaban J connectivity index is 1.72. The first-order valence-electron chi connectivity index (χ1n) is 7.86. The lowest BCUT2D eigenvalue weighted by Gasteiger charge is -2.34. The number of carbonyl (C=O) groups excluding carboxylic acids is 1. The Morgan fingerprint density at radius 1 is 1.35 bits per heavy atom. The number of H-pyrrole nitrogens is 1. The number of aryl methyl sites for hydroxylation is 1. The third-order valence-corrected chi connectivity index (χ3v) is 4.32. The highest BCUT2D eigenvalue weighted by molar-refractivity contribution is 5.93. The lowest BCUT2D eigenvalue weighted by Crippen LogP contribution is -2.39. The van der Waals surface area contributed by atoms with Gasteiger partial charge in [0.2, 0.25) is 0 Å². The van der Waals surface area contributed by atoms with Crippen molar-refractivity contribution in [3.8, 4) is 0 Å². The van der Waals surface area contributed by atoms with Crippen LogP contribution >= 0.6 is 0 Å². The number of likely N-dealkylation sites (tertiary alicyclic amines) is 1. The van der Waals surface area contributed by atoms with Crippen molar-refractivity contribution in [3.05, 3.63) is 47.9 Å². The van der Waals surface area contributed by atoms with Crippen molar-refractivity contribution in [3.63, 3.8) is 0 Å². The molecule has 7 heteroatoms. The minimum atomic E-state index is -0.0695. The Kier molecular flexibility index (Phi) is 3.33. The maximum Gasteiger partial charge on any atom is 0.271 e. The van der Waals surface area contributed by atoms with Gasteiger partial charge in [0.25, 0.3) is 5.91 Å². The first-order chi connectivity index (χ1) is 11.2. The fourth-order valence-corrected chi connectivity index (χ4v) is 3.22. The number of nitrogens with zero attached hydrogens (tertiary/aromatic N) is 5. The van der Waals surface area contributed by atoms with Gasteiger partial charge in [-0.05, 0) is 38.3 Å². The van der Waals surface area contributed by atoms with Crippen molar-refractivity contribution >= 4 is 11.6 Å². The van der Waals surface area contributed by atoms with Crippen molar-refractivity contribution in [2.75, 3.05) is 6.54 Å². The largest absolute Gasteiger partial charge is 0.327 e. The van der Waals surface area contributed by atoms with Crippen LogP contribution in [-0.4, -0.2) is 41.9 Å². The maximum absolute atomic E-state index is 13.1. The number of carbonyl (C=O) groups is 1. The van der Waals surface area contributed by atoms with E-state index in [0.29, 0.717) is 11.5 Å². The van der Waals surface area contributed by atoms with Gasteiger partial charge in [0.15, 0.2) is 5.82 Å². The summed E-state index contributed by atoms with van der Waals surface area (Å²) in [5.74, 6) is 1.48. The Labute approximate surface area is 133 Å². The van der Waals surface area contributed by atoms with E-state index in [1.54, 1.807) is 6.20 Å². The number of hydrogen-bond acceptors (Lipinski definition) is 4. The topological polar surface area (TPSA) is 79.2 Å². The monoisotopic (exact) mass is 310 g/mol. The Morgan fingerprint density at radius 2 is 2.26 bits per heavy atom. The van der Waals surface area contributed by atoms with Gasteiger partial charge >= 0.3 is 0 Å². The Morgan fingerprint density at radius 3 is 3.09 bits per heavy atom. The summed E-state index contributed by atoms with van der Waals surface area (Å²) >= 11 is 0. The van der Waals surface area contributed by atoms with E-state index >= 15 is 0 Å². The second-order valence-corrected chi connectivity index (χ2v) is 5.86. The predicted molar refractivity (Wildman–Crippen MR) is 83.9 cm³/mol. The van der Waals surface area contributed by atoms with Gasteiger partial charge in [-0.2, -0.15) is 5.10 Å². The van der Waals surface area contributed by atoms with Crippen LogP contribution in [0.2, 0.25) is 0 Å². The molecule has 23 heavy (non-hydrogen) atoms. The number of hydrogen-bond donors (Lipinski definition) is 1. The molecule has 4 heterocycles. The van der Waals surface area contributed by atoms with E-state index in [-0.39, 0.29) is 11.9 Å². The number of pyridine rings is 1. The third-order valence-electron chi connectivity index (χ3n) is 4.32. The summed E-state index contributed by atoms with van der Waals surface area (Å²) in [5, 5.41) is 7.15. The molecule has 118 valence electrons. The second-order valence-electron chi connectivity index (χ2n) is 5.86. The van der Waals surface area contributed by atoms with Crippen LogP contribution in [0, 0.1) is 6.92 Å². The molecule has 0 unspecified atom stereocenters. The number of nitrogens with one attached hydrogen (secondary N) is 1. The molecular weight excluding hydrogens is 292 g/mol. The highest BCUT2D eigenvalue weighted by Gasteiger charge is 2.32. The zero-order chi connectivity index (χ0) is 15.8. The van der Waals surface area contributed by atoms with Crippen LogP contribution in [0.4, 0.5) is 0 Å². The number of fused-ring (bicyclic) bond motifs is 1. The molecular formula is C16H18N6O. The molecule has 3 aromatic rings. The van der Waals surface area contributed by atoms with Crippen molar-refractivity contribution in [1.82, 2.24) is 29.5 Å². The van der Waals surface area contributed by atoms with E-state index in [2.05, 4.69) is 20.2 Å². The number of aromatic nitrogens is 5. The van der Waals surface area contributed by atoms with Crippen molar-refractivity contribution in [2.45, 2.75) is 32.2 Å². The molecule has 0 spiro atoms. The number of imidazole rings is 1. The van der Waals surface area contributed by atoms with Crippen LogP contribution in [0.5, 0.6) is 0 Å².